The fourth-order valence-electron chi connectivity index (χ4n) is 3.25. The Morgan fingerprint density at radius 2 is 1.90 bits per heavy atom. The van der Waals surface area contributed by atoms with Crippen LogP contribution in [0.4, 0.5) is 0 Å². The van der Waals surface area contributed by atoms with Crippen molar-refractivity contribution in [1.29, 1.82) is 0 Å². The summed E-state index contributed by atoms with van der Waals surface area (Å²) in [5.41, 5.74) is 3.89. The number of hydrogen-bond acceptors (Lipinski definition) is 4. The van der Waals surface area contributed by atoms with Crippen molar-refractivity contribution in [2.75, 3.05) is 13.1 Å². The van der Waals surface area contributed by atoms with Gasteiger partial charge in [0.25, 0.3) is 5.91 Å². The molecule has 1 amide bonds. The lowest BCUT2D eigenvalue weighted by atomic mass is 10.0. The molecule has 0 fully saturated rings. The fourth-order valence-corrected chi connectivity index (χ4v) is 3.25. The van der Waals surface area contributed by atoms with E-state index < -0.39 is 5.97 Å². The molecule has 0 bridgehead atoms. The Morgan fingerprint density at radius 3 is 2.48 bits per heavy atom. The van der Waals surface area contributed by atoms with Crippen molar-refractivity contribution in [1.82, 2.24) is 19.7 Å². The van der Waals surface area contributed by atoms with Gasteiger partial charge in [0.2, 0.25) is 0 Å². The summed E-state index contributed by atoms with van der Waals surface area (Å²) in [5, 5.41) is 14.1. The van der Waals surface area contributed by atoms with Gasteiger partial charge < -0.3 is 10.0 Å². The first-order valence-corrected chi connectivity index (χ1v) is 9.78. The van der Waals surface area contributed by atoms with Crippen molar-refractivity contribution in [3.63, 3.8) is 0 Å². The van der Waals surface area contributed by atoms with Crippen molar-refractivity contribution in [3.05, 3.63) is 47.7 Å². The monoisotopic (exact) mass is 394 g/mol. The molecule has 1 N–H and O–H groups in total. The molecule has 0 aliphatic heterocycles. The predicted octanol–water partition coefficient (Wildman–Crippen LogP) is 3.92. The number of amides is 1. The number of aromatic nitrogens is 3. The van der Waals surface area contributed by atoms with Gasteiger partial charge in [0, 0.05) is 24.7 Å². The second-order valence-corrected chi connectivity index (χ2v) is 7.37. The molecule has 7 heteroatoms. The maximum atomic E-state index is 13.3. The predicted molar refractivity (Wildman–Crippen MR) is 112 cm³/mol. The van der Waals surface area contributed by atoms with E-state index in [0.29, 0.717) is 28.8 Å². The third-order valence-electron chi connectivity index (χ3n) is 4.90. The maximum Gasteiger partial charge on any atom is 0.305 e. The van der Waals surface area contributed by atoms with E-state index in [9.17, 15) is 9.59 Å². The zero-order valence-electron chi connectivity index (χ0n) is 17.2. The van der Waals surface area contributed by atoms with Gasteiger partial charge in [-0.05, 0) is 33.8 Å². The molecule has 1 aromatic carbocycles. The Balaban J connectivity index is 2.15. The first kappa shape index (κ1) is 20.5. The van der Waals surface area contributed by atoms with Crippen LogP contribution in [0.3, 0.4) is 0 Å². The summed E-state index contributed by atoms with van der Waals surface area (Å²) < 4.78 is 1.80. The van der Waals surface area contributed by atoms with E-state index in [1.807, 2.05) is 52.0 Å². The number of pyridine rings is 1. The minimum absolute atomic E-state index is 0.0884. The van der Waals surface area contributed by atoms with E-state index in [1.165, 1.54) is 0 Å². The molecule has 0 aliphatic rings. The van der Waals surface area contributed by atoms with E-state index in [-0.39, 0.29) is 24.9 Å². The number of carbonyl (C=O) groups excluding carboxylic acids is 1. The van der Waals surface area contributed by atoms with Gasteiger partial charge >= 0.3 is 5.97 Å². The van der Waals surface area contributed by atoms with E-state index in [0.717, 1.165) is 11.1 Å². The first-order valence-electron chi connectivity index (χ1n) is 9.78. The summed E-state index contributed by atoms with van der Waals surface area (Å²) in [7, 11) is 0. The summed E-state index contributed by atoms with van der Waals surface area (Å²) in [4.78, 5) is 30.6. The number of rotatable bonds is 7. The van der Waals surface area contributed by atoms with Crippen LogP contribution in [0, 0.1) is 6.92 Å². The molecule has 0 saturated heterocycles. The lowest BCUT2D eigenvalue weighted by molar-refractivity contribution is -0.137. The highest BCUT2D eigenvalue weighted by Crippen LogP contribution is 2.27. The zero-order chi connectivity index (χ0) is 21.1. The number of carboxylic acids is 1. The summed E-state index contributed by atoms with van der Waals surface area (Å²) in [6.45, 7) is 8.47. The third-order valence-corrected chi connectivity index (χ3v) is 4.90. The Bertz CT molecular complexity index is 1040. The smallest absolute Gasteiger partial charge is 0.305 e. The molecular weight excluding hydrogens is 368 g/mol. The maximum absolute atomic E-state index is 13.3. The van der Waals surface area contributed by atoms with Crippen LogP contribution in [0.5, 0.6) is 0 Å². The summed E-state index contributed by atoms with van der Waals surface area (Å²) in [6.07, 6.45) is 1.57. The number of hydrogen-bond donors (Lipinski definition) is 1. The quantitative estimate of drug-likeness (QED) is 0.656. The summed E-state index contributed by atoms with van der Waals surface area (Å²) >= 11 is 0. The lowest BCUT2D eigenvalue weighted by Gasteiger charge is -2.21. The van der Waals surface area contributed by atoms with Gasteiger partial charge in [-0.1, -0.05) is 29.8 Å². The van der Waals surface area contributed by atoms with Gasteiger partial charge in [0.15, 0.2) is 5.65 Å². The van der Waals surface area contributed by atoms with Crippen LogP contribution < -0.4 is 0 Å². The summed E-state index contributed by atoms with van der Waals surface area (Å²) in [5.74, 6) is -1.14. The minimum Gasteiger partial charge on any atom is -0.481 e. The highest BCUT2D eigenvalue weighted by Gasteiger charge is 2.22. The van der Waals surface area contributed by atoms with Gasteiger partial charge in [-0.15, -0.1) is 0 Å². The van der Waals surface area contributed by atoms with Crippen molar-refractivity contribution < 1.29 is 14.7 Å². The van der Waals surface area contributed by atoms with Crippen molar-refractivity contribution in [3.8, 4) is 11.3 Å². The number of fused-ring (bicyclic) bond motifs is 1. The molecule has 3 rings (SSSR count). The van der Waals surface area contributed by atoms with Gasteiger partial charge in [-0.2, -0.15) is 5.10 Å². The van der Waals surface area contributed by atoms with E-state index in [4.69, 9.17) is 10.1 Å². The average molecular weight is 394 g/mol. The van der Waals surface area contributed by atoms with Crippen LogP contribution in [0.2, 0.25) is 0 Å². The number of aryl methyl sites for hydroxylation is 1. The number of benzene rings is 1. The topological polar surface area (TPSA) is 88.3 Å². The van der Waals surface area contributed by atoms with Crippen LogP contribution >= 0.6 is 0 Å². The molecule has 0 unspecified atom stereocenters. The van der Waals surface area contributed by atoms with Crippen LogP contribution in [-0.4, -0.2) is 49.7 Å². The lowest BCUT2D eigenvalue weighted by Crippen LogP contribution is -2.33. The van der Waals surface area contributed by atoms with Crippen molar-refractivity contribution in [2.24, 2.45) is 0 Å². The van der Waals surface area contributed by atoms with Crippen LogP contribution in [0.15, 0.2) is 36.5 Å². The molecule has 0 aliphatic carbocycles. The van der Waals surface area contributed by atoms with Crippen LogP contribution in [-0.2, 0) is 4.79 Å². The number of aliphatic carboxylic acids is 1. The molecule has 7 nitrogen and oxygen atoms in total. The Morgan fingerprint density at radius 1 is 1.21 bits per heavy atom. The Hall–Kier alpha value is -3.22. The third kappa shape index (κ3) is 4.29. The normalized spacial score (nSPS) is 11.2. The van der Waals surface area contributed by atoms with Gasteiger partial charge in [-0.25, -0.2) is 9.67 Å². The SMILES string of the molecule is CCN(CCC(=O)O)C(=O)c1cc(-c2ccc(C)cc2)nc2c1cnn2C(C)C. The zero-order valence-corrected chi connectivity index (χ0v) is 17.2. The molecule has 0 spiro atoms. The molecule has 0 saturated carbocycles. The standard InChI is InChI=1S/C22H26N4O3/c1-5-25(11-10-20(27)28)22(29)17-12-19(16-8-6-15(4)7-9-16)24-21-18(17)13-23-26(21)14(2)3/h6-9,12-14H,5,10-11H2,1-4H3,(H,27,28). The van der Waals surface area contributed by atoms with E-state index >= 15 is 0 Å². The number of nitrogens with zero attached hydrogens (tertiary/aromatic N) is 4. The summed E-state index contributed by atoms with van der Waals surface area (Å²) in [6, 6.07) is 9.85. The minimum atomic E-state index is -0.927. The largest absolute Gasteiger partial charge is 0.481 e. The highest BCUT2D eigenvalue weighted by molar-refractivity contribution is 6.06. The Labute approximate surface area is 170 Å². The van der Waals surface area contributed by atoms with Crippen molar-refractivity contribution >= 4 is 22.9 Å². The fraction of sp³-hybridized carbons (Fsp3) is 0.364. The second kappa shape index (κ2) is 8.43. The van der Waals surface area contributed by atoms with Crippen LogP contribution in [0.25, 0.3) is 22.3 Å². The molecular formula is C22H26N4O3. The van der Waals surface area contributed by atoms with Crippen LogP contribution in [0.1, 0.15) is 49.2 Å². The molecule has 2 aromatic heterocycles. The van der Waals surface area contributed by atoms with E-state index in [1.54, 1.807) is 21.8 Å². The molecule has 0 radical (unpaired) electrons. The molecule has 152 valence electrons. The molecule has 0 atom stereocenters. The van der Waals surface area contributed by atoms with E-state index in [2.05, 4.69) is 5.10 Å². The number of carbonyl (C=O) groups is 2. The van der Waals surface area contributed by atoms with Gasteiger partial charge in [-0.3, -0.25) is 9.59 Å². The van der Waals surface area contributed by atoms with Gasteiger partial charge in [0.05, 0.1) is 29.3 Å². The average Bonchev–Trinajstić information content (AvgIpc) is 3.12. The molecule has 2 heterocycles. The van der Waals surface area contributed by atoms with Crippen molar-refractivity contribution in [2.45, 2.75) is 40.2 Å². The number of carboxylic acid groups (broad SMARTS) is 1. The Kier molecular flexibility index (Phi) is 5.96. The second-order valence-electron chi connectivity index (χ2n) is 7.37. The highest BCUT2D eigenvalue weighted by atomic mass is 16.4. The van der Waals surface area contributed by atoms with Gasteiger partial charge in [0.1, 0.15) is 0 Å². The first-order chi connectivity index (χ1) is 13.8. The molecule has 29 heavy (non-hydrogen) atoms. The molecule has 3 aromatic rings.